The van der Waals surface area contributed by atoms with Crippen LogP contribution in [0.2, 0.25) is 0 Å². The number of piperidine rings is 1. The van der Waals surface area contributed by atoms with Crippen molar-refractivity contribution in [1.82, 2.24) is 10.2 Å². The highest BCUT2D eigenvalue weighted by molar-refractivity contribution is 8.00. The van der Waals surface area contributed by atoms with Crippen LogP contribution in [0.1, 0.15) is 20.8 Å². The fourth-order valence-corrected chi connectivity index (χ4v) is 4.09. The van der Waals surface area contributed by atoms with Gasteiger partial charge < -0.3 is 29.9 Å². The number of nitrogens with zero attached hydrogens (tertiary/aromatic N) is 1. The summed E-state index contributed by atoms with van der Waals surface area (Å²) in [7, 11) is 1.20. The van der Waals surface area contributed by atoms with Crippen molar-refractivity contribution in [3.63, 3.8) is 0 Å². The first-order valence-corrected chi connectivity index (χ1v) is 8.49. The summed E-state index contributed by atoms with van der Waals surface area (Å²) < 4.78 is 9.74. The molecule has 9 nitrogen and oxygen atoms in total. The Hall–Kier alpha value is -1.52. The molecule has 2 aliphatic heterocycles. The molecular weight excluding hydrogens is 340 g/mol. The number of amides is 2. The van der Waals surface area contributed by atoms with E-state index in [4.69, 9.17) is 4.74 Å². The predicted octanol–water partition coefficient (Wildman–Crippen LogP) is -0.942. The summed E-state index contributed by atoms with van der Waals surface area (Å²) >= 11 is 1.17. The van der Waals surface area contributed by atoms with Crippen LogP contribution in [0.4, 0.5) is 4.79 Å². The number of fused-ring (bicyclic) bond motifs is 1. The molecule has 2 fully saturated rings. The van der Waals surface area contributed by atoms with Crippen LogP contribution < -0.4 is 5.32 Å². The number of esters is 1. The fraction of sp³-hybridized carbons (Fsp3) is 0.786. The van der Waals surface area contributed by atoms with Gasteiger partial charge >= 0.3 is 12.1 Å². The third-order valence-corrected chi connectivity index (χ3v) is 5.04. The van der Waals surface area contributed by atoms with Crippen molar-refractivity contribution >= 4 is 29.7 Å². The molecule has 0 radical (unpaired) electrons. The monoisotopic (exact) mass is 362 g/mol. The number of methoxy groups -OCH3 is 1. The molecule has 2 heterocycles. The minimum Gasteiger partial charge on any atom is -0.467 e. The number of alkyl carbamates (subject to hydrolysis) is 1. The summed E-state index contributed by atoms with van der Waals surface area (Å²) in [5, 5.41) is 21.9. The molecule has 2 aliphatic rings. The lowest BCUT2D eigenvalue weighted by Gasteiger charge is -2.42. The number of hydrogen-bond acceptors (Lipinski definition) is 8. The molecule has 2 saturated heterocycles. The smallest absolute Gasteiger partial charge is 0.408 e. The first kappa shape index (κ1) is 18.8. The minimum atomic E-state index is -1.50. The molecule has 0 aromatic rings. The Kier molecular flexibility index (Phi) is 5.31. The topological polar surface area (TPSA) is 125 Å². The second-order valence-corrected chi connectivity index (χ2v) is 7.76. The minimum absolute atomic E-state index is 0.242. The van der Waals surface area contributed by atoms with Crippen LogP contribution in [0.5, 0.6) is 0 Å². The Morgan fingerprint density at radius 1 is 1.29 bits per heavy atom. The molecular formula is C14H22N2O7S. The van der Waals surface area contributed by atoms with Crippen LogP contribution in [-0.4, -0.2) is 81.2 Å². The molecule has 0 aromatic heterocycles. The van der Waals surface area contributed by atoms with Crippen molar-refractivity contribution < 1.29 is 34.1 Å². The Morgan fingerprint density at radius 3 is 2.46 bits per heavy atom. The third kappa shape index (κ3) is 3.60. The lowest BCUT2D eigenvalue weighted by atomic mass is 9.97. The van der Waals surface area contributed by atoms with Gasteiger partial charge in [0.1, 0.15) is 35.3 Å². The number of rotatable bonds is 2. The van der Waals surface area contributed by atoms with E-state index in [-0.39, 0.29) is 5.75 Å². The van der Waals surface area contributed by atoms with Crippen LogP contribution in [0.25, 0.3) is 0 Å². The highest BCUT2D eigenvalue weighted by atomic mass is 32.2. The molecule has 0 unspecified atom stereocenters. The lowest BCUT2D eigenvalue weighted by molar-refractivity contribution is -0.163. The van der Waals surface area contributed by atoms with Gasteiger partial charge in [0.15, 0.2) is 0 Å². The van der Waals surface area contributed by atoms with E-state index < -0.39 is 53.2 Å². The Labute approximate surface area is 143 Å². The predicted molar refractivity (Wildman–Crippen MR) is 84.1 cm³/mol. The summed E-state index contributed by atoms with van der Waals surface area (Å²) in [5.74, 6) is -1.03. The van der Waals surface area contributed by atoms with Crippen LogP contribution >= 0.6 is 11.8 Å². The molecule has 24 heavy (non-hydrogen) atoms. The Bertz CT molecular complexity index is 536. The molecule has 2 amide bonds. The maximum atomic E-state index is 12.7. The maximum Gasteiger partial charge on any atom is 0.408 e. The van der Waals surface area contributed by atoms with Gasteiger partial charge in [-0.05, 0) is 20.8 Å². The average Bonchev–Trinajstić information content (AvgIpc) is 2.92. The van der Waals surface area contributed by atoms with E-state index in [1.165, 1.54) is 18.9 Å². The molecule has 136 valence electrons. The number of carbonyl (C=O) groups excluding carboxylic acids is 3. The zero-order valence-electron chi connectivity index (χ0n) is 13.9. The fourth-order valence-electron chi connectivity index (χ4n) is 2.64. The van der Waals surface area contributed by atoms with E-state index in [0.717, 1.165) is 4.90 Å². The quantitative estimate of drug-likeness (QED) is 0.538. The Balaban J connectivity index is 2.19. The first-order chi connectivity index (χ1) is 11.1. The SMILES string of the molecule is COC(=O)[C@@H]1CS[C@H]2[C@@H](O)[C@H](O)[C@@H](NC(=O)OC(C)(C)C)C(=O)N12. The van der Waals surface area contributed by atoms with Crippen LogP contribution in [-0.2, 0) is 19.1 Å². The van der Waals surface area contributed by atoms with Crippen LogP contribution in [0.3, 0.4) is 0 Å². The van der Waals surface area contributed by atoms with E-state index in [9.17, 15) is 24.6 Å². The molecule has 0 aromatic carbocycles. The molecule has 3 N–H and O–H groups in total. The number of thioether (sulfide) groups is 1. The largest absolute Gasteiger partial charge is 0.467 e. The van der Waals surface area contributed by atoms with Gasteiger partial charge in [-0.1, -0.05) is 0 Å². The van der Waals surface area contributed by atoms with Crippen LogP contribution in [0, 0.1) is 0 Å². The molecule has 0 spiro atoms. The second kappa shape index (κ2) is 6.77. The molecule has 0 aliphatic carbocycles. The number of aliphatic hydroxyl groups excluding tert-OH is 2. The first-order valence-electron chi connectivity index (χ1n) is 7.44. The standard InChI is InChI=1S/C14H22N2O7S/c1-14(2,3)23-13(21)15-7-8(17)9(18)11-16(10(7)19)6(5-24-11)12(20)22-4/h6-9,11,17-18H,5H2,1-4H3,(H,15,21)/t6-,7+,8+,9-,11-/m0/s1. The number of ether oxygens (including phenoxy) is 2. The number of carbonyl (C=O) groups is 3. The van der Waals surface area contributed by atoms with E-state index in [1.807, 2.05) is 0 Å². The summed E-state index contributed by atoms with van der Waals surface area (Å²) in [6.07, 6.45) is -3.72. The van der Waals surface area contributed by atoms with Gasteiger partial charge in [-0.15, -0.1) is 11.8 Å². The van der Waals surface area contributed by atoms with Gasteiger partial charge in [-0.3, -0.25) is 4.79 Å². The van der Waals surface area contributed by atoms with E-state index in [0.29, 0.717) is 0 Å². The van der Waals surface area contributed by atoms with Gasteiger partial charge in [-0.25, -0.2) is 9.59 Å². The van der Waals surface area contributed by atoms with Crippen molar-refractivity contribution in [2.24, 2.45) is 0 Å². The summed E-state index contributed by atoms with van der Waals surface area (Å²) in [6, 6.07) is -2.28. The Morgan fingerprint density at radius 2 is 1.92 bits per heavy atom. The molecule has 5 atom stereocenters. The van der Waals surface area contributed by atoms with Crippen molar-refractivity contribution in [2.45, 2.75) is 56.0 Å². The van der Waals surface area contributed by atoms with Gasteiger partial charge in [0.25, 0.3) is 0 Å². The number of aliphatic hydroxyl groups is 2. The normalized spacial score (nSPS) is 33.0. The summed E-state index contributed by atoms with van der Waals surface area (Å²) in [6.45, 7) is 4.96. The number of nitrogens with one attached hydrogen (secondary N) is 1. The molecule has 0 bridgehead atoms. The van der Waals surface area contributed by atoms with Gasteiger partial charge in [0.2, 0.25) is 5.91 Å². The third-order valence-electron chi connectivity index (χ3n) is 3.68. The van der Waals surface area contributed by atoms with E-state index in [1.54, 1.807) is 20.8 Å². The molecule has 2 rings (SSSR count). The van der Waals surface area contributed by atoms with E-state index >= 15 is 0 Å². The number of hydrogen-bond donors (Lipinski definition) is 3. The summed E-state index contributed by atoms with van der Waals surface area (Å²) in [4.78, 5) is 37.5. The second-order valence-electron chi connectivity index (χ2n) is 6.61. The lowest BCUT2D eigenvalue weighted by Crippen LogP contribution is -2.68. The van der Waals surface area contributed by atoms with Gasteiger partial charge in [-0.2, -0.15) is 0 Å². The van der Waals surface area contributed by atoms with Gasteiger partial charge in [0, 0.05) is 5.75 Å². The zero-order chi connectivity index (χ0) is 18.2. The van der Waals surface area contributed by atoms with Crippen molar-refractivity contribution in [3.05, 3.63) is 0 Å². The molecule has 10 heteroatoms. The van der Waals surface area contributed by atoms with Crippen molar-refractivity contribution in [1.29, 1.82) is 0 Å². The van der Waals surface area contributed by atoms with Crippen molar-refractivity contribution in [3.8, 4) is 0 Å². The highest BCUT2D eigenvalue weighted by Crippen LogP contribution is 2.37. The highest BCUT2D eigenvalue weighted by Gasteiger charge is 2.55. The van der Waals surface area contributed by atoms with Crippen LogP contribution in [0.15, 0.2) is 0 Å². The maximum absolute atomic E-state index is 12.7. The van der Waals surface area contributed by atoms with Gasteiger partial charge in [0.05, 0.1) is 7.11 Å². The zero-order valence-corrected chi connectivity index (χ0v) is 14.7. The molecule has 0 saturated carbocycles. The van der Waals surface area contributed by atoms with E-state index in [2.05, 4.69) is 10.1 Å². The average molecular weight is 362 g/mol. The summed E-state index contributed by atoms with van der Waals surface area (Å²) in [5.41, 5.74) is -0.786. The van der Waals surface area contributed by atoms with Crippen molar-refractivity contribution in [2.75, 3.05) is 12.9 Å².